The summed E-state index contributed by atoms with van der Waals surface area (Å²) >= 11 is 0. The van der Waals surface area contributed by atoms with Crippen LogP contribution in [0.2, 0.25) is 0 Å². The van der Waals surface area contributed by atoms with E-state index >= 15 is 0 Å². The standard InChI is InChI=1S/C20H23N3O/c1-14-3-9-18-16(6-10-19(24-2)20(18)23-14)13-15-4-7-17(8-5-15)22-12-11-21/h3-10,22H,11-13,21H2,1-2H3. The molecule has 0 bridgehead atoms. The summed E-state index contributed by atoms with van der Waals surface area (Å²) in [6.07, 6.45) is 0.863. The van der Waals surface area contributed by atoms with Gasteiger partial charge in [-0.05, 0) is 48.7 Å². The van der Waals surface area contributed by atoms with Gasteiger partial charge >= 0.3 is 0 Å². The quantitative estimate of drug-likeness (QED) is 0.729. The Morgan fingerprint density at radius 2 is 1.83 bits per heavy atom. The number of hydrogen-bond acceptors (Lipinski definition) is 4. The molecule has 0 aliphatic heterocycles. The molecule has 3 N–H and O–H groups in total. The number of nitrogens with zero attached hydrogens (tertiary/aromatic N) is 1. The van der Waals surface area contributed by atoms with Crippen molar-refractivity contribution < 1.29 is 4.74 Å². The molecule has 4 heteroatoms. The molecule has 124 valence electrons. The van der Waals surface area contributed by atoms with E-state index in [1.165, 1.54) is 11.1 Å². The van der Waals surface area contributed by atoms with E-state index in [-0.39, 0.29) is 0 Å². The molecule has 0 aliphatic carbocycles. The van der Waals surface area contributed by atoms with Crippen molar-refractivity contribution in [2.24, 2.45) is 5.73 Å². The first-order valence-corrected chi connectivity index (χ1v) is 8.17. The number of anilines is 1. The summed E-state index contributed by atoms with van der Waals surface area (Å²) in [5, 5.41) is 4.43. The second-order valence-electron chi connectivity index (χ2n) is 5.86. The molecule has 24 heavy (non-hydrogen) atoms. The van der Waals surface area contributed by atoms with Crippen LogP contribution in [0.3, 0.4) is 0 Å². The molecule has 1 heterocycles. The molecular formula is C20H23N3O. The third-order valence-corrected chi connectivity index (χ3v) is 4.09. The molecule has 0 spiro atoms. The zero-order chi connectivity index (χ0) is 16.9. The molecular weight excluding hydrogens is 298 g/mol. The normalized spacial score (nSPS) is 10.8. The largest absolute Gasteiger partial charge is 0.494 e. The van der Waals surface area contributed by atoms with Crippen molar-refractivity contribution in [3.05, 3.63) is 65.4 Å². The molecule has 0 saturated carbocycles. The van der Waals surface area contributed by atoms with Crippen molar-refractivity contribution in [1.82, 2.24) is 4.98 Å². The number of rotatable bonds is 6. The number of methoxy groups -OCH3 is 1. The average Bonchev–Trinajstić information content (AvgIpc) is 2.61. The highest BCUT2D eigenvalue weighted by molar-refractivity contribution is 5.88. The fourth-order valence-corrected chi connectivity index (χ4v) is 2.84. The monoisotopic (exact) mass is 321 g/mol. The van der Waals surface area contributed by atoms with E-state index in [1.807, 2.05) is 19.1 Å². The van der Waals surface area contributed by atoms with Crippen LogP contribution in [0.25, 0.3) is 10.9 Å². The van der Waals surface area contributed by atoms with Gasteiger partial charge in [-0.15, -0.1) is 0 Å². The number of aryl methyl sites for hydroxylation is 1. The van der Waals surface area contributed by atoms with Gasteiger partial charge in [0.2, 0.25) is 0 Å². The Balaban J connectivity index is 1.90. The number of ether oxygens (including phenoxy) is 1. The number of fused-ring (bicyclic) bond motifs is 1. The van der Waals surface area contributed by atoms with Crippen molar-refractivity contribution in [2.45, 2.75) is 13.3 Å². The van der Waals surface area contributed by atoms with Crippen LogP contribution in [0, 0.1) is 6.92 Å². The van der Waals surface area contributed by atoms with Gasteiger partial charge < -0.3 is 15.8 Å². The van der Waals surface area contributed by atoms with E-state index < -0.39 is 0 Å². The maximum atomic E-state index is 5.52. The molecule has 3 aromatic rings. The number of pyridine rings is 1. The Morgan fingerprint density at radius 3 is 2.54 bits per heavy atom. The van der Waals surface area contributed by atoms with Crippen LogP contribution in [-0.4, -0.2) is 25.2 Å². The first-order chi connectivity index (χ1) is 11.7. The molecule has 4 nitrogen and oxygen atoms in total. The third-order valence-electron chi connectivity index (χ3n) is 4.09. The van der Waals surface area contributed by atoms with E-state index in [9.17, 15) is 0 Å². The zero-order valence-corrected chi connectivity index (χ0v) is 14.2. The van der Waals surface area contributed by atoms with E-state index in [2.05, 4.69) is 46.7 Å². The van der Waals surface area contributed by atoms with Crippen molar-refractivity contribution in [3.63, 3.8) is 0 Å². The summed E-state index contributed by atoms with van der Waals surface area (Å²) < 4.78 is 5.46. The van der Waals surface area contributed by atoms with E-state index in [1.54, 1.807) is 7.11 Å². The predicted molar refractivity (Wildman–Crippen MR) is 99.8 cm³/mol. The Bertz CT molecular complexity index is 828. The van der Waals surface area contributed by atoms with Gasteiger partial charge in [0.25, 0.3) is 0 Å². The van der Waals surface area contributed by atoms with Crippen LogP contribution in [0.4, 0.5) is 5.69 Å². The molecule has 0 amide bonds. The van der Waals surface area contributed by atoms with E-state index in [0.29, 0.717) is 6.54 Å². The molecule has 0 aliphatic rings. The predicted octanol–water partition coefficient (Wildman–Crippen LogP) is 3.51. The minimum absolute atomic E-state index is 0.631. The van der Waals surface area contributed by atoms with Crippen LogP contribution in [-0.2, 0) is 6.42 Å². The van der Waals surface area contributed by atoms with Crippen molar-refractivity contribution in [3.8, 4) is 5.75 Å². The second-order valence-corrected chi connectivity index (χ2v) is 5.86. The molecule has 1 aromatic heterocycles. The minimum atomic E-state index is 0.631. The summed E-state index contributed by atoms with van der Waals surface area (Å²) in [5.41, 5.74) is 11.1. The number of hydrogen-bond donors (Lipinski definition) is 2. The summed E-state index contributed by atoms with van der Waals surface area (Å²) in [6.45, 7) is 3.41. The SMILES string of the molecule is COc1ccc(Cc2ccc(NCCN)cc2)c2ccc(C)nc12. The van der Waals surface area contributed by atoms with Gasteiger partial charge in [0.05, 0.1) is 7.11 Å². The Morgan fingerprint density at radius 1 is 1.04 bits per heavy atom. The molecule has 0 atom stereocenters. The van der Waals surface area contributed by atoms with E-state index in [0.717, 1.165) is 41.0 Å². The van der Waals surface area contributed by atoms with Gasteiger partial charge in [-0.2, -0.15) is 0 Å². The van der Waals surface area contributed by atoms with Crippen molar-refractivity contribution in [2.75, 3.05) is 25.5 Å². The van der Waals surface area contributed by atoms with Gasteiger partial charge in [-0.25, -0.2) is 4.98 Å². The maximum Gasteiger partial charge on any atom is 0.145 e. The highest BCUT2D eigenvalue weighted by Crippen LogP contribution is 2.28. The zero-order valence-electron chi connectivity index (χ0n) is 14.2. The average molecular weight is 321 g/mol. The van der Waals surface area contributed by atoms with Crippen LogP contribution < -0.4 is 15.8 Å². The third kappa shape index (κ3) is 3.49. The topological polar surface area (TPSA) is 60.2 Å². The lowest BCUT2D eigenvalue weighted by Gasteiger charge is -2.11. The Hall–Kier alpha value is -2.59. The van der Waals surface area contributed by atoms with Crippen molar-refractivity contribution in [1.29, 1.82) is 0 Å². The molecule has 0 fully saturated rings. The van der Waals surface area contributed by atoms with Gasteiger partial charge in [0.1, 0.15) is 11.3 Å². The Labute approximate surface area is 142 Å². The number of nitrogens with two attached hydrogens (primary N) is 1. The molecule has 3 rings (SSSR count). The van der Waals surface area contributed by atoms with Gasteiger partial charge in [0, 0.05) is 29.9 Å². The van der Waals surface area contributed by atoms with E-state index in [4.69, 9.17) is 10.5 Å². The summed E-state index contributed by atoms with van der Waals surface area (Å²) in [4.78, 5) is 4.65. The van der Waals surface area contributed by atoms with Crippen molar-refractivity contribution >= 4 is 16.6 Å². The highest BCUT2D eigenvalue weighted by Gasteiger charge is 2.09. The van der Waals surface area contributed by atoms with Crippen LogP contribution >= 0.6 is 0 Å². The van der Waals surface area contributed by atoms with Gasteiger partial charge in [-0.3, -0.25) is 0 Å². The molecule has 0 unspecified atom stereocenters. The number of benzene rings is 2. The summed E-state index contributed by atoms with van der Waals surface area (Å²) in [7, 11) is 1.69. The van der Waals surface area contributed by atoms with Crippen LogP contribution in [0.15, 0.2) is 48.5 Å². The first kappa shape index (κ1) is 16.3. The fourth-order valence-electron chi connectivity index (χ4n) is 2.84. The maximum absolute atomic E-state index is 5.52. The smallest absolute Gasteiger partial charge is 0.145 e. The number of aromatic nitrogens is 1. The fraction of sp³-hybridized carbons (Fsp3) is 0.250. The summed E-state index contributed by atoms with van der Waals surface area (Å²) in [6, 6.07) is 16.8. The van der Waals surface area contributed by atoms with Crippen LogP contribution in [0.1, 0.15) is 16.8 Å². The first-order valence-electron chi connectivity index (χ1n) is 8.17. The second kappa shape index (κ2) is 7.32. The lowest BCUT2D eigenvalue weighted by molar-refractivity contribution is 0.418. The van der Waals surface area contributed by atoms with Crippen LogP contribution in [0.5, 0.6) is 5.75 Å². The molecule has 2 aromatic carbocycles. The van der Waals surface area contributed by atoms with Gasteiger partial charge in [-0.1, -0.05) is 24.3 Å². The highest BCUT2D eigenvalue weighted by atomic mass is 16.5. The van der Waals surface area contributed by atoms with Gasteiger partial charge in [0.15, 0.2) is 0 Å². The molecule has 0 radical (unpaired) electrons. The lowest BCUT2D eigenvalue weighted by atomic mass is 9.99. The number of nitrogens with one attached hydrogen (secondary N) is 1. The minimum Gasteiger partial charge on any atom is -0.494 e. The Kier molecular flexibility index (Phi) is 4.96. The summed E-state index contributed by atoms with van der Waals surface area (Å²) in [5.74, 6) is 0.818. The molecule has 0 saturated heterocycles. The lowest BCUT2D eigenvalue weighted by Crippen LogP contribution is -2.12.